The maximum absolute atomic E-state index is 11.9. The second-order valence-corrected chi connectivity index (χ2v) is 6.02. The average molecular weight is 326 g/mol. The molecule has 1 saturated carbocycles. The van der Waals surface area contributed by atoms with Crippen LogP contribution in [-0.4, -0.2) is 22.9 Å². The molecule has 0 heterocycles. The first kappa shape index (κ1) is 14.4. The number of amides is 1. The van der Waals surface area contributed by atoms with Gasteiger partial charge in [0.05, 0.1) is 6.42 Å². The van der Waals surface area contributed by atoms with Gasteiger partial charge >= 0.3 is 0 Å². The lowest BCUT2D eigenvalue weighted by atomic mass is 9.89. The van der Waals surface area contributed by atoms with E-state index in [0.717, 1.165) is 17.4 Å². The number of halogens is 1. The number of phenolic OH excluding ortho intramolecular Hbond substituents is 1. The van der Waals surface area contributed by atoms with Crippen molar-refractivity contribution in [2.45, 2.75) is 32.1 Å². The fraction of sp³-hybridized carbons (Fsp3) is 0.533. The van der Waals surface area contributed by atoms with Gasteiger partial charge in [-0.1, -0.05) is 40.9 Å². The number of nitrogens with one attached hydrogen (secondary N) is 1. The van der Waals surface area contributed by atoms with E-state index in [-0.39, 0.29) is 17.1 Å². The highest BCUT2D eigenvalue weighted by atomic mass is 79.9. The maximum Gasteiger partial charge on any atom is 0.224 e. The van der Waals surface area contributed by atoms with Crippen LogP contribution in [0.5, 0.6) is 5.75 Å². The number of carbonyl (C=O) groups excluding carboxylic acids is 1. The Morgan fingerprint density at radius 2 is 2.11 bits per heavy atom. The van der Waals surface area contributed by atoms with Crippen molar-refractivity contribution in [3.05, 3.63) is 29.8 Å². The normalized spacial score (nSPS) is 17.3. The molecule has 0 atom stereocenters. The molecule has 1 aliphatic rings. The molecule has 0 unspecified atom stereocenters. The second kappa shape index (κ2) is 6.42. The molecular weight excluding hydrogens is 306 g/mol. The lowest BCUT2D eigenvalue weighted by Crippen LogP contribution is -2.37. The molecular formula is C15H20BrNO2. The Balaban J connectivity index is 1.84. The van der Waals surface area contributed by atoms with E-state index in [2.05, 4.69) is 21.2 Å². The van der Waals surface area contributed by atoms with Crippen molar-refractivity contribution >= 4 is 21.8 Å². The predicted molar refractivity (Wildman–Crippen MR) is 79.5 cm³/mol. The molecule has 0 aromatic heterocycles. The van der Waals surface area contributed by atoms with Crippen molar-refractivity contribution in [2.24, 2.45) is 5.41 Å². The van der Waals surface area contributed by atoms with Crippen molar-refractivity contribution in [1.82, 2.24) is 5.32 Å². The molecule has 0 saturated heterocycles. The summed E-state index contributed by atoms with van der Waals surface area (Å²) in [4.78, 5) is 11.9. The highest BCUT2D eigenvalue weighted by Crippen LogP contribution is 2.38. The van der Waals surface area contributed by atoms with Gasteiger partial charge < -0.3 is 10.4 Å². The van der Waals surface area contributed by atoms with Crippen molar-refractivity contribution in [2.75, 3.05) is 11.9 Å². The van der Waals surface area contributed by atoms with Gasteiger partial charge in [-0.3, -0.25) is 4.79 Å². The minimum atomic E-state index is 0.0258. The van der Waals surface area contributed by atoms with Crippen LogP contribution in [0.4, 0.5) is 0 Å². The van der Waals surface area contributed by atoms with Gasteiger partial charge in [0, 0.05) is 11.9 Å². The third-order valence-electron chi connectivity index (χ3n) is 3.88. The van der Waals surface area contributed by atoms with E-state index >= 15 is 0 Å². The second-order valence-electron chi connectivity index (χ2n) is 5.46. The third-order valence-corrected chi connectivity index (χ3v) is 5.07. The number of carbonyl (C=O) groups is 1. The molecule has 0 spiro atoms. The number of benzene rings is 1. The minimum absolute atomic E-state index is 0.0258. The summed E-state index contributed by atoms with van der Waals surface area (Å²) in [6.45, 7) is 0.746. The quantitative estimate of drug-likeness (QED) is 0.817. The van der Waals surface area contributed by atoms with Crippen LogP contribution in [0.15, 0.2) is 24.3 Å². The van der Waals surface area contributed by atoms with Crippen molar-refractivity contribution in [1.29, 1.82) is 0 Å². The summed E-state index contributed by atoms with van der Waals surface area (Å²) in [5, 5.41) is 13.4. The summed E-state index contributed by atoms with van der Waals surface area (Å²) >= 11 is 3.58. The van der Waals surface area contributed by atoms with Gasteiger partial charge in [-0.25, -0.2) is 0 Å². The molecule has 2 N–H and O–H groups in total. The first-order valence-corrected chi connectivity index (χ1v) is 7.86. The van der Waals surface area contributed by atoms with Gasteiger partial charge in [-0.15, -0.1) is 0 Å². The standard InChI is InChI=1S/C15H20BrNO2/c16-10-15(6-1-2-7-15)11-17-14(19)9-12-4-3-5-13(18)8-12/h3-5,8,18H,1-2,6-7,9-11H2,(H,17,19). The molecule has 1 fully saturated rings. The lowest BCUT2D eigenvalue weighted by Gasteiger charge is -2.26. The van der Waals surface area contributed by atoms with Crippen molar-refractivity contribution in [3.8, 4) is 5.75 Å². The van der Waals surface area contributed by atoms with E-state index in [1.54, 1.807) is 18.2 Å². The van der Waals surface area contributed by atoms with Crippen LogP contribution >= 0.6 is 15.9 Å². The zero-order valence-corrected chi connectivity index (χ0v) is 12.6. The fourth-order valence-corrected chi connectivity index (χ4v) is 3.44. The Labute approximate surface area is 122 Å². The van der Waals surface area contributed by atoms with Crippen LogP contribution in [0, 0.1) is 5.41 Å². The summed E-state index contributed by atoms with van der Waals surface area (Å²) in [7, 11) is 0. The minimum Gasteiger partial charge on any atom is -0.508 e. The van der Waals surface area contributed by atoms with E-state index < -0.39 is 0 Å². The van der Waals surface area contributed by atoms with Crippen LogP contribution in [-0.2, 0) is 11.2 Å². The summed E-state index contributed by atoms with van der Waals surface area (Å²) in [5.41, 5.74) is 1.09. The molecule has 0 aliphatic heterocycles. The van der Waals surface area contributed by atoms with Gasteiger partial charge in [-0.05, 0) is 36.0 Å². The van der Waals surface area contributed by atoms with Crippen LogP contribution < -0.4 is 5.32 Å². The first-order chi connectivity index (χ1) is 9.13. The summed E-state index contributed by atoms with van der Waals surface area (Å²) in [6, 6.07) is 6.86. The molecule has 1 aliphatic carbocycles. The van der Waals surface area contributed by atoms with Crippen LogP contribution in [0.2, 0.25) is 0 Å². The van der Waals surface area contributed by atoms with Gasteiger partial charge in [0.25, 0.3) is 0 Å². The predicted octanol–water partition coefficient (Wildman–Crippen LogP) is 3.01. The van der Waals surface area contributed by atoms with Gasteiger partial charge in [0.1, 0.15) is 5.75 Å². The Morgan fingerprint density at radius 1 is 1.37 bits per heavy atom. The Kier molecular flexibility index (Phi) is 4.86. The van der Waals surface area contributed by atoms with Gasteiger partial charge in [0.15, 0.2) is 0 Å². The molecule has 2 rings (SSSR count). The highest BCUT2D eigenvalue weighted by Gasteiger charge is 2.32. The lowest BCUT2D eigenvalue weighted by molar-refractivity contribution is -0.120. The van der Waals surface area contributed by atoms with Crippen LogP contribution in [0.3, 0.4) is 0 Å². The van der Waals surface area contributed by atoms with Crippen LogP contribution in [0.25, 0.3) is 0 Å². The molecule has 1 aromatic rings. The number of hydrogen-bond acceptors (Lipinski definition) is 2. The molecule has 0 radical (unpaired) electrons. The molecule has 104 valence electrons. The van der Waals surface area contributed by atoms with Gasteiger partial charge in [-0.2, -0.15) is 0 Å². The van der Waals surface area contributed by atoms with E-state index in [1.165, 1.54) is 25.7 Å². The van der Waals surface area contributed by atoms with E-state index in [0.29, 0.717) is 6.42 Å². The van der Waals surface area contributed by atoms with Crippen molar-refractivity contribution in [3.63, 3.8) is 0 Å². The Bertz CT molecular complexity index is 442. The molecule has 4 heteroatoms. The zero-order valence-electron chi connectivity index (χ0n) is 11.0. The number of hydrogen-bond donors (Lipinski definition) is 2. The van der Waals surface area contributed by atoms with Gasteiger partial charge in [0.2, 0.25) is 5.91 Å². The molecule has 1 amide bonds. The third kappa shape index (κ3) is 3.96. The smallest absolute Gasteiger partial charge is 0.224 e. The molecule has 1 aromatic carbocycles. The Morgan fingerprint density at radius 3 is 2.74 bits per heavy atom. The maximum atomic E-state index is 11.9. The van der Waals surface area contributed by atoms with E-state index in [4.69, 9.17) is 0 Å². The van der Waals surface area contributed by atoms with Crippen molar-refractivity contribution < 1.29 is 9.90 Å². The van der Waals surface area contributed by atoms with E-state index in [9.17, 15) is 9.90 Å². The summed E-state index contributed by atoms with van der Waals surface area (Å²) in [5.74, 6) is 0.232. The van der Waals surface area contributed by atoms with Crippen LogP contribution in [0.1, 0.15) is 31.2 Å². The molecule has 3 nitrogen and oxygen atoms in total. The zero-order chi connectivity index (χ0) is 13.7. The number of alkyl halides is 1. The molecule has 0 bridgehead atoms. The number of aromatic hydroxyl groups is 1. The fourth-order valence-electron chi connectivity index (χ4n) is 2.68. The first-order valence-electron chi connectivity index (χ1n) is 6.74. The number of phenols is 1. The summed E-state index contributed by atoms with van der Waals surface area (Å²) < 4.78 is 0. The average Bonchev–Trinajstić information content (AvgIpc) is 2.86. The number of rotatable bonds is 5. The Hall–Kier alpha value is -1.03. The highest BCUT2D eigenvalue weighted by molar-refractivity contribution is 9.09. The monoisotopic (exact) mass is 325 g/mol. The SMILES string of the molecule is O=C(Cc1cccc(O)c1)NCC1(CBr)CCCC1. The summed E-state index contributed by atoms with van der Waals surface area (Å²) in [6.07, 6.45) is 5.21. The topological polar surface area (TPSA) is 49.3 Å². The largest absolute Gasteiger partial charge is 0.508 e. The van der Waals surface area contributed by atoms with E-state index in [1.807, 2.05) is 6.07 Å². The molecule has 19 heavy (non-hydrogen) atoms.